The van der Waals surface area contributed by atoms with Crippen LogP contribution in [0, 0.1) is 5.92 Å². The molecule has 4 amide bonds. The third kappa shape index (κ3) is 12.7. The summed E-state index contributed by atoms with van der Waals surface area (Å²) < 4.78 is 10.6. The predicted octanol–water partition coefficient (Wildman–Crippen LogP) is 4.67. The molecule has 0 radical (unpaired) electrons. The van der Waals surface area contributed by atoms with Crippen LogP contribution < -0.4 is 20.7 Å². The summed E-state index contributed by atoms with van der Waals surface area (Å²) in [5.41, 5.74) is 3.40. The summed E-state index contributed by atoms with van der Waals surface area (Å²) in [6, 6.07) is 23.7. The lowest BCUT2D eigenvalue weighted by molar-refractivity contribution is -0.124. The summed E-state index contributed by atoms with van der Waals surface area (Å²) in [6.45, 7) is 4.01. The monoisotopic (exact) mass is 696 g/mol. The summed E-state index contributed by atoms with van der Waals surface area (Å²) in [4.78, 5) is 49.8. The Hall–Kier alpha value is -5.49. The lowest BCUT2D eigenvalue weighted by Crippen LogP contribution is -2.55. The predicted molar refractivity (Wildman–Crippen MR) is 194 cm³/mol. The summed E-state index contributed by atoms with van der Waals surface area (Å²) in [5, 5.41) is 20.5. The smallest absolute Gasteiger partial charge is 0.407 e. The van der Waals surface area contributed by atoms with E-state index in [1.807, 2.05) is 80.6 Å². The van der Waals surface area contributed by atoms with E-state index in [2.05, 4.69) is 25.9 Å². The molecule has 0 bridgehead atoms. The summed E-state index contributed by atoms with van der Waals surface area (Å²) in [7, 11) is 3.18. The van der Waals surface area contributed by atoms with E-state index >= 15 is 0 Å². The van der Waals surface area contributed by atoms with Crippen molar-refractivity contribution in [1.29, 1.82) is 0 Å². The molecule has 2 aromatic heterocycles. The van der Waals surface area contributed by atoms with Gasteiger partial charge in [-0.05, 0) is 47.9 Å². The average Bonchev–Trinajstić information content (AvgIpc) is 3.14. The van der Waals surface area contributed by atoms with Crippen molar-refractivity contribution in [1.82, 2.24) is 30.8 Å². The Labute approximate surface area is 299 Å². The van der Waals surface area contributed by atoms with Crippen LogP contribution >= 0.6 is 0 Å². The fourth-order valence-corrected chi connectivity index (χ4v) is 5.56. The van der Waals surface area contributed by atoms with Crippen molar-refractivity contribution >= 4 is 18.0 Å². The minimum absolute atomic E-state index is 0.0228. The second kappa shape index (κ2) is 19.6. The van der Waals surface area contributed by atoms with Gasteiger partial charge < -0.3 is 35.4 Å². The first-order chi connectivity index (χ1) is 24.6. The molecule has 270 valence electrons. The Morgan fingerprint density at radius 1 is 0.804 bits per heavy atom. The molecule has 0 saturated carbocycles. The maximum Gasteiger partial charge on any atom is 0.407 e. The van der Waals surface area contributed by atoms with Crippen molar-refractivity contribution in [2.45, 2.75) is 70.5 Å². The van der Waals surface area contributed by atoms with Crippen LogP contribution in [0.2, 0.25) is 0 Å². The van der Waals surface area contributed by atoms with Gasteiger partial charge in [0.15, 0.2) is 0 Å². The number of carbonyl (C=O) groups is 3. The zero-order valence-electron chi connectivity index (χ0n) is 29.6. The van der Waals surface area contributed by atoms with Crippen molar-refractivity contribution < 1.29 is 29.0 Å². The van der Waals surface area contributed by atoms with Crippen molar-refractivity contribution in [2.24, 2.45) is 5.92 Å². The Bertz CT molecular complexity index is 1640. The Morgan fingerprint density at radius 2 is 1.47 bits per heavy atom. The second-order valence-corrected chi connectivity index (χ2v) is 12.8. The van der Waals surface area contributed by atoms with Gasteiger partial charge in [-0.3, -0.25) is 9.78 Å². The number of benzene rings is 2. The molecule has 0 unspecified atom stereocenters. The van der Waals surface area contributed by atoms with Gasteiger partial charge in [-0.25, -0.2) is 14.6 Å². The van der Waals surface area contributed by atoms with Gasteiger partial charge in [-0.15, -0.1) is 0 Å². The van der Waals surface area contributed by atoms with E-state index in [9.17, 15) is 19.5 Å². The van der Waals surface area contributed by atoms with Gasteiger partial charge in [0, 0.05) is 49.9 Å². The van der Waals surface area contributed by atoms with E-state index < -0.39 is 36.4 Å². The standard InChI is InChI=1S/C39H48N6O6/c1-27(2)36(44-38(48)45(3)25-30-17-18-35(50-4)41-24-30)37(47)42-32(20-28-12-7-5-8-13-28)22-34(46)33(21-29-14-9-6-10-15-29)43-39(49)51-26-31-16-11-19-40-23-31/h5-19,23-24,27,32-34,36,46H,20-22,25-26H2,1-4H3,(H,42,47)(H,43,49)(H,44,48)/t32-,33-,34-,36-/m0/s1. The highest BCUT2D eigenvalue weighted by atomic mass is 16.5. The fourth-order valence-electron chi connectivity index (χ4n) is 5.56. The molecule has 0 fully saturated rings. The minimum Gasteiger partial charge on any atom is -0.481 e. The number of methoxy groups -OCH3 is 1. The number of hydrogen-bond donors (Lipinski definition) is 4. The highest BCUT2D eigenvalue weighted by Crippen LogP contribution is 2.16. The number of pyridine rings is 2. The number of nitrogens with one attached hydrogen (secondary N) is 3. The van der Waals surface area contributed by atoms with Gasteiger partial charge in [0.2, 0.25) is 11.8 Å². The zero-order valence-corrected chi connectivity index (χ0v) is 29.6. The molecular formula is C39H48N6O6. The number of aliphatic hydroxyl groups excluding tert-OH is 1. The molecule has 0 aliphatic heterocycles. The molecule has 4 rings (SSSR count). The molecule has 4 atom stereocenters. The number of carbonyl (C=O) groups excluding carboxylic acids is 3. The van der Waals surface area contributed by atoms with Gasteiger partial charge in [-0.1, -0.05) is 86.6 Å². The molecule has 12 nitrogen and oxygen atoms in total. The number of aliphatic hydroxyl groups is 1. The van der Waals surface area contributed by atoms with Crippen molar-refractivity contribution in [2.75, 3.05) is 14.2 Å². The van der Waals surface area contributed by atoms with Crippen molar-refractivity contribution in [3.63, 3.8) is 0 Å². The van der Waals surface area contributed by atoms with E-state index in [4.69, 9.17) is 9.47 Å². The molecule has 2 aromatic carbocycles. The molecule has 0 saturated heterocycles. The first-order valence-corrected chi connectivity index (χ1v) is 17.0. The van der Waals surface area contributed by atoms with Crippen LogP contribution in [0.25, 0.3) is 0 Å². The Morgan fingerprint density at radius 3 is 2.06 bits per heavy atom. The number of amides is 4. The molecule has 4 aromatic rings. The van der Waals surface area contributed by atoms with Crippen molar-refractivity contribution in [3.05, 3.63) is 126 Å². The van der Waals surface area contributed by atoms with Crippen LogP contribution in [0.15, 0.2) is 104 Å². The maximum atomic E-state index is 13.9. The van der Waals surface area contributed by atoms with Gasteiger partial charge in [0.25, 0.3) is 0 Å². The van der Waals surface area contributed by atoms with E-state index in [0.29, 0.717) is 18.7 Å². The van der Waals surface area contributed by atoms with Gasteiger partial charge in [0.05, 0.1) is 19.3 Å². The molecule has 2 heterocycles. The third-order valence-electron chi connectivity index (χ3n) is 8.36. The lowest BCUT2D eigenvalue weighted by atomic mass is 9.93. The SMILES string of the molecule is COc1ccc(CN(C)C(=O)N[C@H](C(=O)N[C@@H](Cc2ccccc2)C[C@H](O)[C@H](Cc2ccccc2)NC(=O)OCc2cccnc2)C(C)C)cn1. The Balaban J connectivity index is 1.47. The number of ether oxygens (including phenoxy) is 2. The molecular weight excluding hydrogens is 648 g/mol. The minimum atomic E-state index is -1.07. The average molecular weight is 697 g/mol. The zero-order chi connectivity index (χ0) is 36.6. The first-order valence-electron chi connectivity index (χ1n) is 17.0. The molecule has 51 heavy (non-hydrogen) atoms. The molecule has 0 aliphatic carbocycles. The molecule has 12 heteroatoms. The number of rotatable bonds is 17. The van der Waals surface area contributed by atoms with Crippen LogP contribution in [0.4, 0.5) is 9.59 Å². The maximum absolute atomic E-state index is 13.9. The van der Waals surface area contributed by atoms with Crippen LogP contribution in [0.3, 0.4) is 0 Å². The number of nitrogens with zero attached hydrogens (tertiary/aromatic N) is 3. The quantitative estimate of drug-likeness (QED) is 0.124. The molecule has 0 spiro atoms. The number of aromatic nitrogens is 2. The largest absolute Gasteiger partial charge is 0.481 e. The van der Waals surface area contributed by atoms with Crippen LogP contribution in [0.5, 0.6) is 5.88 Å². The Kier molecular flexibility index (Phi) is 14.8. The van der Waals surface area contributed by atoms with Crippen molar-refractivity contribution in [3.8, 4) is 5.88 Å². The summed E-state index contributed by atoms with van der Waals surface area (Å²) >= 11 is 0. The number of alkyl carbamates (subject to hydrolysis) is 1. The summed E-state index contributed by atoms with van der Waals surface area (Å²) in [6.07, 6.45) is 4.00. The molecule has 4 N–H and O–H groups in total. The van der Waals surface area contributed by atoms with Gasteiger partial charge in [-0.2, -0.15) is 0 Å². The first kappa shape index (κ1) is 38.3. The normalized spacial score (nSPS) is 13.3. The summed E-state index contributed by atoms with van der Waals surface area (Å²) in [5.74, 6) is -0.149. The third-order valence-corrected chi connectivity index (χ3v) is 8.36. The van der Waals surface area contributed by atoms with Crippen LogP contribution in [-0.2, 0) is 35.5 Å². The van der Waals surface area contributed by atoms with E-state index in [0.717, 1.165) is 22.3 Å². The highest BCUT2D eigenvalue weighted by molar-refractivity contribution is 5.87. The van der Waals surface area contributed by atoms with Crippen LogP contribution in [0.1, 0.15) is 42.5 Å². The van der Waals surface area contributed by atoms with Gasteiger partial charge in [0.1, 0.15) is 12.6 Å². The topological polar surface area (TPSA) is 155 Å². The second-order valence-electron chi connectivity index (χ2n) is 12.8. The van der Waals surface area contributed by atoms with E-state index in [1.54, 1.807) is 43.8 Å². The lowest BCUT2D eigenvalue weighted by Gasteiger charge is -2.30. The van der Waals surface area contributed by atoms with E-state index in [-0.39, 0.29) is 31.4 Å². The van der Waals surface area contributed by atoms with Crippen LogP contribution in [-0.4, -0.2) is 76.4 Å². The molecule has 0 aliphatic rings. The number of urea groups is 1. The fraction of sp³-hybridized carbons (Fsp3) is 0.359. The van der Waals surface area contributed by atoms with E-state index in [1.165, 1.54) is 12.0 Å². The van der Waals surface area contributed by atoms with Gasteiger partial charge >= 0.3 is 12.1 Å². The highest BCUT2D eigenvalue weighted by Gasteiger charge is 2.31. The number of hydrogen-bond acceptors (Lipinski definition) is 8.